The fourth-order valence-corrected chi connectivity index (χ4v) is 4.35. The summed E-state index contributed by atoms with van der Waals surface area (Å²) in [4.78, 5) is 12.9. The van der Waals surface area contributed by atoms with Gasteiger partial charge in [-0.1, -0.05) is 6.07 Å². The molecule has 0 fully saturated rings. The summed E-state index contributed by atoms with van der Waals surface area (Å²) >= 11 is 1.52. The first-order chi connectivity index (χ1) is 10.5. The Morgan fingerprint density at radius 1 is 1.32 bits per heavy atom. The minimum atomic E-state index is -3.63. The predicted molar refractivity (Wildman–Crippen MR) is 85.6 cm³/mol. The Balaban J connectivity index is 1.85. The van der Waals surface area contributed by atoms with E-state index in [1.54, 1.807) is 12.1 Å². The van der Waals surface area contributed by atoms with Gasteiger partial charge in [0.15, 0.2) is 0 Å². The molecule has 0 atom stereocenters. The number of amides is 1. The number of nitrogens with one attached hydrogen (secondary N) is 2. The van der Waals surface area contributed by atoms with Crippen LogP contribution in [-0.4, -0.2) is 20.9 Å². The third kappa shape index (κ3) is 2.92. The number of hydrogen-bond acceptors (Lipinski definition) is 4. The maximum atomic E-state index is 12.4. The molecule has 0 saturated carbocycles. The minimum absolute atomic E-state index is 0.123. The first-order valence-corrected chi connectivity index (χ1v) is 9.27. The highest BCUT2D eigenvalue weighted by atomic mass is 32.2. The van der Waals surface area contributed by atoms with Crippen LogP contribution in [0.2, 0.25) is 0 Å². The third-order valence-electron chi connectivity index (χ3n) is 3.71. The van der Waals surface area contributed by atoms with Crippen LogP contribution >= 0.6 is 11.3 Å². The highest BCUT2D eigenvalue weighted by molar-refractivity contribution is 7.89. The number of carbonyl (C=O) groups excluding carboxylic acids is 1. The van der Waals surface area contributed by atoms with Gasteiger partial charge in [0.1, 0.15) is 0 Å². The number of thiophene rings is 1. The molecular formula is C15H16N2O3S2. The zero-order valence-electron chi connectivity index (χ0n) is 12.0. The molecule has 0 bridgehead atoms. The van der Waals surface area contributed by atoms with Crippen molar-refractivity contribution in [3.05, 3.63) is 51.2 Å². The van der Waals surface area contributed by atoms with Crippen LogP contribution in [-0.2, 0) is 23.0 Å². The maximum Gasteiger partial charge on any atom is 0.251 e. The fourth-order valence-electron chi connectivity index (χ4n) is 2.39. The summed E-state index contributed by atoms with van der Waals surface area (Å²) in [5, 5.41) is 4.66. The van der Waals surface area contributed by atoms with E-state index >= 15 is 0 Å². The van der Waals surface area contributed by atoms with E-state index in [4.69, 9.17) is 0 Å². The molecule has 7 heteroatoms. The van der Waals surface area contributed by atoms with E-state index in [9.17, 15) is 13.2 Å². The van der Waals surface area contributed by atoms with Crippen molar-refractivity contribution in [3.63, 3.8) is 0 Å². The average molecular weight is 336 g/mol. The standard InChI is InChI=1S/C15H16N2O3S2/c1-10-5-7-21-14(10)9-17-22(19,20)12-3-2-11-4-6-16-15(18)13(11)8-12/h2-3,5,7-8,17H,4,6,9H2,1H3,(H,16,18). The van der Waals surface area contributed by atoms with E-state index in [2.05, 4.69) is 10.0 Å². The first kappa shape index (κ1) is 15.2. The highest BCUT2D eigenvalue weighted by Gasteiger charge is 2.21. The van der Waals surface area contributed by atoms with Crippen molar-refractivity contribution in [2.45, 2.75) is 24.8 Å². The van der Waals surface area contributed by atoms with Crippen molar-refractivity contribution in [2.75, 3.05) is 6.54 Å². The van der Waals surface area contributed by atoms with Gasteiger partial charge in [-0.15, -0.1) is 11.3 Å². The molecule has 0 aliphatic carbocycles. The summed E-state index contributed by atoms with van der Waals surface area (Å²) in [7, 11) is -3.63. The van der Waals surface area contributed by atoms with Crippen LogP contribution in [0.15, 0.2) is 34.5 Å². The Bertz CT molecular complexity index is 825. The molecule has 5 nitrogen and oxygen atoms in total. The smallest absolute Gasteiger partial charge is 0.251 e. The van der Waals surface area contributed by atoms with Crippen LogP contribution in [0.25, 0.3) is 0 Å². The number of carbonyl (C=O) groups is 1. The van der Waals surface area contributed by atoms with Gasteiger partial charge >= 0.3 is 0 Å². The molecule has 0 unspecified atom stereocenters. The van der Waals surface area contributed by atoms with Gasteiger partial charge in [0, 0.05) is 23.5 Å². The van der Waals surface area contributed by atoms with Crippen LogP contribution in [0.1, 0.15) is 26.4 Å². The number of sulfonamides is 1. The number of hydrogen-bond donors (Lipinski definition) is 2. The largest absolute Gasteiger partial charge is 0.352 e. The molecule has 2 aromatic rings. The summed E-state index contributed by atoms with van der Waals surface area (Å²) in [5.41, 5.74) is 2.40. The van der Waals surface area contributed by atoms with E-state index in [-0.39, 0.29) is 17.3 Å². The Morgan fingerprint density at radius 2 is 2.14 bits per heavy atom. The predicted octanol–water partition coefficient (Wildman–Crippen LogP) is 1.82. The third-order valence-corrected chi connectivity index (χ3v) is 6.13. The molecule has 2 N–H and O–H groups in total. The van der Waals surface area contributed by atoms with Crippen molar-refractivity contribution in [2.24, 2.45) is 0 Å². The number of rotatable bonds is 4. The van der Waals surface area contributed by atoms with Crippen LogP contribution in [0.4, 0.5) is 0 Å². The molecule has 0 radical (unpaired) electrons. The molecule has 116 valence electrons. The minimum Gasteiger partial charge on any atom is -0.352 e. The van der Waals surface area contributed by atoms with Crippen LogP contribution in [0.3, 0.4) is 0 Å². The lowest BCUT2D eigenvalue weighted by Gasteiger charge is -2.17. The average Bonchev–Trinajstić information content (AvgIpc) is 2.91. The van der Waals surface area contributed by atoms with Crippen molar-refractivity contribution >= 4 is 27.3 Å². The second kappa shape index (κ2) is 5.83. The molecule has 3 rings (SSSR count). The van der Waals surface area contributed by atoms with Crippen molar-refractivity contribution in [3.8, 4) is 0 Å². The van der Waals surface area contributed by atoms with E-state index < -0.39 is 10.0 Å². The molecule has 2 heterocycles. The second-order valence-corrected chi connectivity index (χ2v) is 7.94. The SMILES string of the molecule is Cc1ccsc1CNS(=O)(=O)c1ccc2c(c1)C(=O)NCC2. The van der Waals surface area contributed by atoms with Crippen LogP contribution in [0, 0.1) is 6.92 Å². The van der Waals surface area contributed by atoms with Crippen LogP contribution < -0.4 is 10.0 Å². The van der Waals surface area contributed by atoms with Gasteiger partial charge in [0.2, 0.25) is 10.0 Å². The van der Waals surface area contributed by atoms with Crippen molar-refractivity contribution in [1.29, 1.82) is 0 Å². The van der Waals surface area contributed by atoms with E-state index in [1.165, 1.54) is 17.4 Å². The number of fused-ring (bicyclic) bond motifs is 1. The summed E-state index contributed by atoms with van der Waals surface area (Å²) in [6.45, 7) is 2.80. The van der Waals surface area contributed by atoms with Gasteiger partial charge in [0.25, 0.3) is 5.91 Å². The van der Waals surface area contributed by atoms with Gasteiger partial charge in [0.05, 0.1) is 4.90 Å². The quantitative estimate of drug-likeness (QED) is 0.894. The lowest BCUT2D eigenvalue weighted by Crippen LogP contribution is -2.32. The molecular weight excluding hydrogens is 320 g/mol. The van der Waals surface area contributed by atoms with Gasteiger partial charge < -0.3 is 5.32 Å². The van der Waals surface area contributed by atoms with E-state index in [1.807, 2.05) is 18.4 Å². The molecule has 1 aromatic carbocycles. The highest BCUT2D eigenvalue weighted by Crippen LogP contribution is 2.20. The molecule has 1 aromatic heterocycles. The monoisotopic (exact) mass is 336 g/mol. The Kier molecular flexibility index (Phi) is 4.03. The lowest BCUT2D eigenvalue weighted by atomic mass is 10.0. The summed E-state index contributed by atoms with van der Waals surface area (Å²) in [6.07, 6.45) is 0.725. The molecule has 1 aliphatic heterocycles. The lowest BCUT2D eigenvalue weighted by molar-refractivity contribution is 0.0945. The van der Waals surface area contributed by atoms with Gasteiger partial charge in [-0.05, 0) is 48.1 Å². The first-order valence-electron chi connectivity index (χ1n) is 6.91. The van der Waals surface area contributed by atoms with Crippen molar-refractivity contribution in [1.82, 2.24) is 10.0 Å². The van der Waals surface area contributed by atoms with E-state index in [0.717, 1.165) is 22.4 Å². The van der Waals surface area contributed by atoms with Crippen molar-refractivity contribution < 1.29 is 13.2 Å². The fraction of sp³-hybridized carbons (Fsp3) is 0.267. The molecule has 1 aliphatic rings. The Morgan fingerprint density at radius 3 is 2.86 bits per heavy atom. The number of benzene rings is 1. The van der Waals surface area contributed by atoms with Crippen LogP contribution in [0.5, 0.6) is 0 Å². The maximum absolute atomic E-state index is 12.4. The molecule has 22 heavy (non-hydrogen) atoms. The summed E-state index contributed by atoms with van der Waals surface area (Å²) < 4.78 is 27.4. The molecule has 1 amide bonds. The topological polar surface area (TPSA) is 75.3 Å². The normalized spacial score (nSPS) is 14.5. The second-order valence-electron chi connectivity index (χ2n) is 5.18. The Hall–Kier alpha value is -1.70. The summed E-state index contributed by atoms with van der Waals surface area (Å²) in [5.74, 6) is -0.215. The zero-order chi connectivity index (χ0) is 15.7. The molecule has 0 spiro atoms. The Labute approximate surface area is 133 Å². The number of aryl methyl sites for hydroxylation is 1. The zero-order valence-corrected chi connectivity index (χ0v) is 13.7. The summed E-state index contributed by atoms with van der Waals surface area (Å²) in [6, 6.07) is 6.69. The molecule has 0 saturated heterocycles. The van der Waals surface area contributed by atoms with E-state index in [0.29, 0.717) is 12.1 Å². The van der Waals surface area contributed by atoms with Gasteiger partial charge in [-0.25, -0.2) is 13.1 Å². The van der Waals surface area contributed by atoms with Gasteiger partial charge in [-0.2, -0.15) is 0 Å². The van der Waals surface area contributed by atoms with Gasteiger partial charge in [-0.3, -0.25) is 4.79 Å².